The molecule has 0 unspecified atom stereocenters. The van der Waals surface area contributed by atoms with Gasteiger partial charge in [-0.3, -0.25) is 4.79 Å². The van der Waals surface area contributed by atoms with Gasteiger partial charge >= 0.3 is 0 Å². The normalized spacial score (nSPS) is 11.0. The summed E-state index contributed by atoms with van der Waals surface area (Å²) in [4.78, 5) is 12.2. The fraction of sp³-hybridized carbons (Fsp3) is 0.222. The molecule has 132 valence electrons. The third-order valence-corrected chi connectivity index (χ3v) is 3.57. The van der Waals surface area contributed by atoms with Gasteiger partial charge in [0.25, 0.3) is 5.91 Å². The minimum absolute atomic E-state index is 0.0356. The first-order valence-electron chi connectivity index (χ1n) is 7.44. The van der Waals surface area contributed by atoms with E-state index < -0.39 is 0 Å². The van der Waals surface area contributed by atoms with E-state index in [1.807, 2.05) is 0 Å². The van der Waals surface area contributed by atoms with Gasteiger partial charge in [0.05, 0.1) is 27.0 Å². The van der Waals surface area contributed by atoms with E-state index in [4.69, 9.17) is 14.2 Å². The average Bonchev–Trinajstić information content (AvgIpc) is 2.65. The Bertz CT molecular complexity index is 802. The first kappa shape index (κ1) is 18.1. The second-order valence-electron chi connectivity index (χ2n) is 5.09. The van der Waals surface area contributed by atoms with Gasteiger partial charge in [-0.15, -0.1) is 0 Å². The lowest BCUT2D eigenvalue weighted by atomic mass is 10.1. The largest absolute Gasteiger partial charge is 0.504 e. The minimum Gasteiger partial charge on any atom is -0.504 e. The van der Waals surface area contributed by atoms with Gasteiger partial charge in [0, 0.05) is 11.1 Å². The number of nitrogens with one attached hydrogen (secondary N) is 1. The summed E-state index contributed by atoms with van der Waals surface area (Å²) < 4.78 is 15.4. The highest BCUT2D eigenvalue weighted by Gasteiger charge is 2.11. The summed E-state index contributed by atoms with van der Waals surface area (Å²) in [5.74, 6) is 0.978. The molecule has 7 nitrogen and oxygen atoms in total. The highest BCUT2D eigenvalue weighted by atomic mass is 16.5. The first-order valence-corrected chi connectivity index (χ1v) is 7.44. The predicted octanol–water partition coefficient (Wildman–Crippen LogP) is 2.57. The monoisotopic (exact) mass is 344 g/mol. The van der Waals surface area contributed by atoms with Crippen molar-refractivity contribution >= 4 is 11.6 Å². The van der Waals surface area contributed by atoms with Crippen LogP contribution in [-0.2, 0) is 0 Å². The molecule has 0 saturated heterocycles. The van der Waals surface area contributed by atoms with Gasteiger partial charge in [-0.2, -0.15) is 5.10 Å². The summed E-state index contributed by atoms with van der Waals surface area (Å²) >= 11 is 0. The van der Waals surface area contributed by atoms with Crippen LogP contribution in [0.1, 0.15) is 22.8 Å². The number of hydrogen-bond donors (Lipinski definition) is 2. The van der Waals surface area contributed by atoms with E-state index in [0.717, 1.165) is 0 Å². The van der Waals surface area contributed by atoms with E-state index in [-0.39, 0.29) is 11.7 Å². The van der Waals surface area contributed by atoms with Crippen LogP contribution in [0.2, 0.25) is 0 Å². The molecule has 25 heavy (non-hydrogen) atoms. The van der Waals surface area contributed by atoms with Crippen molar-refractivity contribution in [1.82, 2.24) is 5.43 Å². The molecule has 1 amide bonds. The number of methoxy groups -OCH3 is 3. The minimum atomic E-state index is -0.383. The Morgan fingerprint density at radius 3 is 2.16 bits per heavy atom. The molecule has 0 spiro atoms. The smallest absolute Gasteiger partial charge is 0.271 e. The second-order valence-corrected chi connectivity index (χ2v) is 5.09. The van der Waals surface area contributed by atoms with Crippen LogP contribution < -0.4 is 19.6 Å². The van der Waals surface area contributed by atoms with Crippen molar-refractivity contribution in [3.8, 4) is 23.0 Å². The van der Waals surface area contributed by atoms with Gasteiger partial charge in [0.1, 0.15) is 0 Å². The van der Waals surface area contributed by atoms with Crippen LogP contribution in [0, 0.1) is 0 Å². The van der Waals surface area contributed by atoms with E-state index in [1.54, 1.807) is 37.3 Å². The highest BCUT2D eigenvalue weighted by molar-refractivity contribution is 6.01. The average molecular weight is 344 g/mol. The Balaban J connectivity index is 2.16. The Labute approximate surface area is 145 Å². The number of benzene rings is 2. The lowest BCUT2D eigenvalue weighted by molar-refractivity contribution is 0.0954. The van der Waals surface area contributed by atoms with Crippen molar-refractivity contribution in [1.29, 1.82) is 0 Å². The van der Waals surface area contributed by atoms with Gasteiger partial charge in [-0.05, 0) is 43.3 Å². The van der Waals surface area contributed by atoms with Crippen LogP contribution in [0.25, 0.3) is 0 Å². The number of amides is 1. The van der Waals surface area contributed by atoms with E-state index >= 15 is 0 Å². The number of carbonyl (C=O) groups excluding carboxylic acids is 1. The molecule has 2 aromatic rings. The summed E-state index contributed by atoms with van der Waals surface area (Å²) in [5.41, 5.74) is 4.15. The zero-order valence-electron chi connectivity index (χ0n) is 14.5. The van der Waals surface area contributed by atoms with Crippen molar-refractivity contribution < 1.29 is 24.1 Å². The third-order valence-electron chi connectivity index (χ3n) is 3.57. The topological polar surface area (TPSA) is 89.4 Å². The molecule has 0 aliphatic heterocycles. The molecule has 0 heterocycles. The van der Waals surface area contributed by atoms with Crippen molar-refractivity contribution in [2.75, 3.05) is 21.3 Å². The molecule has 7 heteroatoms. The maximum absolute atomic E-state index is 12.2. The molecule has 0 aromatic heterocycles. The zero-order chi connectivity index (χ0) is 18.4. The fourth-order valence-corrected chi connectivity index (χ4v) is 2.14. The molecule has 2 aromatic carbocycles. The summed E-state index contributed by atoms with van der Waals surface area (Å²) in [6, 6.07) is 9.65. The third kappa shape index (κ3) is 4.20. The Hall–Kier alpha value is -3.22. The summed E-state index contributed by atoms with van der Waals surface area (Å²) in [7, 11) is 4.49. The number of rotatable bonds is 6. The molecule has 0 saturated carbocycles. The Kier molecular flexibility index (Phi) is 5.84. The molecule has 0 bridgehead atoms. The molecule has 2 rings (SSSR count). The SMILES string of the molecule is COc1cc(/C(C)=N/NC(=O)c2ccc(OC)c(OC)c2)ccc1O. The lowest BCUT2D eigenvalue weighted by Gasteiger charge is -2.09. The maximum atomic E-state index is 12.2. The van der Waals surface area contributed by atoms with Crippen LogP contribution >= 0.6 is 0 Å². The van der Waals surface area contributed by atoms with E-state index in [9.17, 15) is 9.90 Å². The van der Waals surface area contributed by atoms with Crippen LogP contribution in [0.3, 0.4) is 0 Å². The summed E-state index contributed by atoms with van der Waals surface area (Å²) in [6.45, 7) is 1.74. The molecular formula is C18H20N2O5. The zero-order valence-corrected chi connectivity index (χ0v) is 14.5. The second kappa shape index (κ2) is 8.05. The maximum Gasteiger partial charge on any atom is 0.271 e. The van der Waals surface area contributed by atoms with Crippen molar-refractivity contribution in [3.63, 3.8) is 0 Å². The van der Waals surface area contributed by atoms with E-state index in [2.05, 4.69) is 10.5 Å². The molecule has 0 atom stereocenters. The van der Waals surface area contributed by atoms with Crippen molar-refractivity contribution in [2.24, 2.45) is 5.10 Å². The predicted molar refractivity (Wildman–Crippen MR) is 93.9 cm³/mol. The van der Waals surface area contributed by atoms with Crippen LogP contribution in [-0.4, -0.2) is 38.1 Å². The number of phenols is 1. The van der Waals surface area contributed by atoms with Gasteiger partial charge < -0.3 is 19.3 Å². The van der Waals surface area contributed by atoms with Crippen molar-refractivity contribution in [2.45, 2.75) is 6.92 Å². The highest BCUT2D eigenvalue weighted by Crippen LogP contribution is 2.28. The number of aromatic hydroxyl groups is 1. The molecular weight excluding hydrogens is 324 g/mol. The van der Waals surface area contributed by atoms with Gasteiger partial charge in [0.15, 0.2) is 23.0 Å². The lowest BCUT2D eigenvalue weighted by Crippen LogP contribution is -2.19. The molecule has 0 aliphatic rings. The molecule has 0 fully saturated rings. The quantitative estimate of drug-likeness (QED) is 0.621. The van der Waals surface area contributed by atoms with Gasteiger partial charge in [-0.1, -0.05) is 0 Å². The number of hydrogen-bond acceptors (Lipinski definition) is 6. The number of carbonyl (C=O) groups is 1. The number of phenolic OH excluding ortho intramolecular Hbond substituents is 1. The van der Waals surface area contributed by atoms with E-state index in [0.29, 0.717) is 34.1 Å². The van der Waals surface area contributed by atoms with Crippen LogP contribution in [0.4, 0.5) is 0 Å². The molecule has 2 N–H and O–H groups in total. The van der Waals surface area contributed by atoms with Crippen LogP contribution in [0.15, 0.2) is 41.5 Å². The number of hydrazone groups is 1. The molecule has 0 radical (unpaired) electrons. The van der Waals surface area contributed by atoms with Crippen LogP contribution in [0.5, 0.6) is 23.0 Å². The Morgan fingerprint density at radius 2 is 1.52 bits per heavy atom. The first-order chi connectivity index (χ1) is 12.0. The van der Waals surface area contributed by atoms with E-state index in [1.165, 1.54) is 27.4 Å². The van der Waals surface area contributed by atoms with Gasteiger partial charge in [-0.25, -0.2) is 5.43 Å². The Morgan fingerprint density at radius 1 is 0.920 bits per heavy atom. The number of nitrogens with zero attached hydrogens (tertiary/aromatic N) is 1. The molecule has 0 aliphatic carbocycles. The number of ether oxygens (including phenoxy) is 3. The fourth-order valence-electron chi connectivity index (χ4n) is 2.14. The van der Waals surface area contributed by atoms with Crippen molar-refractivity contribution in [3.05, 3.63) is 47.5 Å². The standard InChI is InChI=1S/C18H20N2O5/c1-11(12-5-7-14(21)16(9-12)24-3)19-20-18(22)13-6-8-15(23-2)17(10-13)25-4/h5-10,21H,1-4H3,(H,20,22)/b19-11+. The van der Waals surface area contributed by atoms with Gasteiger partial charge in [0.2, 0.25) is 0 Å². The summed E-state index contributed by atoms with van der Waals surface area (Å²) in [5, 5.41) is 13.7. The summed E-state index contributed by atoms with van der Waals surface area (Å²) in [6.07, 6.45) is 0.